The number of anilines is 1. The van der Waals surface area contributed by atoms with Gasteiger partial charge in [0, 0.05) is 31.6 Å². The number of hydrogen-bond donors (Lipinski definition) is 2. The molecule has 0 saturated carbocycles. The maximum atomic E-state index is 12.9. The molecule has 0 aromatic heterocycles. The predicted molar refractivity (Wildman–Crippen MR) is 119 cm³/mol. The summed E-state index contributed by atoms with van der Waals surface area (Å²) >= 11 is 0. The standard InChI is InChI=1S/C24H30N4O4/c29-21-12-2-1-5-14-27(21)15-7-13-25-22(30)17-8-6-9-18(16-17)28-24(32)20-11-4-3-10-19(20)23(31)26-28/h3-4,6,8-9,16,19-20H,1-2,5,7,10-15H2,(H,25,30)(H,26,31)/t19-,20+/m0/s1. The first-order valence-corrected chi connectivity index (χ1v) is 11.5. The van der Waals surface area contributed by atoms with E-state index in [0.717, 1.165) is 25.8 Å². The lowest BCUT2D eigenvalue weighted by Crippen LogP contribution is -2.59. The lowest BCUT2D eigenvalue weighted by molar-refractivity contribution is -0.140. The summed E-state index contributed by atoms with van der Waals surface area (Å²) in [7, 11) is 0. The number of fused-ring (bicyclic) bond motifs is 1. The fourth-order valence-electron chi connectivity index (χ4n) is 4.62. The Hall–Kier alpha value is -3.16. The maximum Gasteiger partial charge on any atom is 0.251 e. The van der Waals surface area contributed by atoms with Crippen molar-refractivity contribution < 1.29 is 19.2 Å². The molecule has 2 fully saturated rings. The summed E-state index contributed by atoms with van der Waals surface area (Å²) in [5.41, 5.74) is 3.58. The molecule has 1 aromatic rings. The van der Waals surface area contributed by atoms with Crippen molar-refractivity contribution in [1.82, 2.24) is 15.6 Å². The summed E-state index contributed by atoms with van der Waals surface area (Å²) in [5, 5.41) is 4.16. The van der Waals surface area contributed by atoms with Crippen LogP contribution >= 0.6 is 0 Å². The first-order valence-electron chi connectivity index (χ1n) is 11.5. The lowest BCUT2D eigenvalue weighted by Gasteiger charge is -2.38. The van der Waals surface area contributed by atoms with Crippen molar-refractivity contribution in [3.05, 3.63) is 42.0 Å². The molecule has 2 saturated heterocycles. The highest BCUT2D eigenvalue weighted by atomic mass is 16.2. The van der Waals surface area contributed by atoms with E-state index >= 15 is 0 Å². The minimum Gasteiger partial charge on any atom is -0.352 e. The van der Waals surface area contributed by atoms with Crippen molar-refractivity contribution in [2.24, 2.45) is 11.8 Å². The number of nitrogens with zero attached hydrogens (tertiary/aromatic N) is 2. The number of nitrogens with one attached hydrogen (secondary N) is 2. The Morgan fingerprint density at radius 1 is 1.06 bits per heavy atom. The van der Waals surface area contributed by atoms with Crippen molar-refractivity contribution in [3.63, 3.8) is 0 Å². The van der Waals surface area contributed by atoms with Crippen molar-refractivity contribution in [1.29, 1.82) is 0 Å². The van der Waals surface area contributed by atoms with E-state index in [-0.39, 0.29) is 35.5 Å². The smallest absolute Gasteiger partial charge is 0.251 e. The van der Waals surface area contributed by atoms with E-state index in [1.807, 2.05) is 17.1 Å². The average Bonchev–Trinajstić information content (AvgIpc) is 3.03. The molecule has 0 bridgehead atoms. The van der Waals surface area contributed by atoms with E-state index in [1.54, 1.807) is 24.3 Å². The zero-order chi connectivity index (χ0) is 22.5. The molecule has 0 spiro atoms. The number of carbonyl (C=O) groups is 4. The second kappa shape index (κ2) is 9.97. The molecule has 4 amide bonds. The topological polar surface area (TPSA) is 98.8 Å². The zero-order valence-corrected chi connectivity index (χ0v) is 18.2. The van der Waals surface area contributed by atoms with Crippen LogP contribution in [0, 0.1) is 11.8 Å². The van der Waals surface area contributed by atoms with Crippen LogP contribution in [0.3, 0.4) is 0 Å². The lowest BCUT2D eigenvalue weighted by atomic mass is 9.80. The number of allylic oxidation sites excluding steroid dienone is 2. The average molecular weight is 439 g/mol. The molecule has 0 radical (unpaired) electrons. The molecule has 1 aliphatic carbocycles. The second-order valence-corrected chi connectivity index (χ2v) is 8.66. The van der Waals surface area contributed by atoms with Gasteiger partial charge in [-0.2, -0.15) is 0 Å². The van der Waals surface area contributed by atoms with E-state index < -0.39 is 0 Å². The third kappa shape index (κ3) is 4.84. The van der Waals surface area contributed by atoms with E-state index in [0.29, 0.717) is 50.0 Å². The van der Waals surface area contributed by atoms with E-state index in [9.17, 15) is 19.2 Å². The van der Waals surface area contributed by atoms with Crippen molar-refractivity contribution >= 4 is 29.3 Å². The fourth-order valence-corrected chi connectivity index (χ4v) is 4.62. The highest BCUT2D eigenvalue weighted by molar-refractivity contribution is 6.05. The summed E-state index contributed by atoms with van der Waals surface area (Å²) in [6.07, 6.45) is 9.39. The van der Waals surface area contributed by atoms with Crippen LogP contribution in [0.25, 0.3) is 0 Å². The van der Waals surface area contributed by atoms with Gasteiger partial charge in [-0.3, -0.25) is 24.6 Å². The number of hydrogen-bond acceptors (Lipinski definition) is 4. The van der Waals surface area contributed by atoms with Crippen LogP contribution < -0.4 is 15.8 Å². The summed E-state index contributed by atoms with van der Waals surface area (Å²) in [4.78, 5) is 52.0. The monoisotopic (exact) mass is 438 g/mol. The molecular weight excluding hydrogens is 408 g/mol. The zero-order valence-electron chi connectivity index (χ0n) is 18.2. The van der Waals surface area contributed by atoms with Crippen molar-refractivity contribution in [2.45, 2.75) is 44.9 Å². The largest absolute Gasteiger partial charge is 0.352 e. The van der Waals surface area contributed by atoms with Gasteiger partial charge in [0.25, 0.3) is 5.91 Å². The van der Waals surface area contributed by atoms with Gasteiger partial charge in [0.15, 0.2) is 0 Å². The SMILES string of the molecule is O=C(NCCCN1CCCCCC1=O)c1cccc(N2NC(=O)[C@H]3CC=CC[C@H]3C2=O)c1. The Balaban J connectivity index is 1.33. The van der Waals surface area contributed by atoms with Crippen LogP contribution in [0.4, 0.5) is 5.69 Å². The minimum atomic E-state index is -0.368. The number of likely N-dealkylation sites (tertiary alicyclic amines) is 1. The molecular formula is C24H30N4O4. The molecule has 8 heteroatoms. The van der Waals surface area contributed by atoms with Crippen LogP contribution in [-0.4, -0.2) is 48.2 Å². The minimum absolute atomic E-state index is 0.154. The Bertz CT molecular complexity index is 928. The number of amides is 4. The highest BCUT2D eigenvalue weighted by Gasteiger charge is 2.42. The first-order chi connectivity index (χ1) is 15.5. The number of rotatable bonds is 6. The first kappa shape index (κ1) is 22.0. The van der Waals surface area contributed by atoms with Gasteiger partial charge in [0.2, 0.25) is 17.7 Å². The molecule has 8 nitrogen and oxygen atoms in total. The van der Waals surface area contributed by atoms with Crippen LogP contribution in [0.1, 0.15) is 55.3 Å². The van der Waals surface area contributed by atoms with Crippen LogP contribution in [-0.2, 0) is 14.4 Å². The molecule has 2 N–H and O–H groups in total. The van der Waals surface area contributed by atoms with Crippen LogP contribution in [0.5, 0.6) is 0 Å². The number of hydrazine groups is 1. The third-order valence-electron chi connectivity index (χ3n) is 6.46. The molecule has 0 unspecified atom stereocenters. The second-order valence-electron chi connectivity index (χ2n) is 8.66. The Morgan fingerprint density at radius 2 is 1.88 bits per heavy atom. The van der Waals surface area contributed by atoms with Gasteiger partial charge in [0.05, 0.1) is 17.5 Å². The van der Waals surface area contributed by atoms with Gasteiger partial charge < -0.3 is 10.2 Å². The Morgan fingerprint density at radius 3 is 2.72 bits per heavy atom. The van der Waals surface area contributed by atoms with Crippen LogP contribution in [0.15, 0.2) is 36.4 Å². The van der Waals surface area contributed by atoms with Gasteiger partial charge in [0.1, 0.15) is 0 Å². The van der Waals surface area contributed by atoms with Crippen molar-refractivity contribution in [2.75, 3.05) is 24.6 Å². The highest BCUT2D eigenvalue weighted by Crippen LogP contribution is 2.32. The normalized spacial score (nSPS) is 23.4. The molecule has 2 aliphatic heterocycles. The van der Waals surface area contributed by atoms with Crippen LogP contribution in [0.2, 0.25) is 0 Å². The molecule has 3 aliphatic rings. The maximum absolute atomic E-state index is 12.9. The number of carbonyl (C=O) groups excluding carboxylic acids is 4. The summed E-state index contributed by atoms with van der Waals surface area (Å²) in [6.45, 7) is 1.90. The summed E-state index contributed by atoms with van der Waals surface area (Å²) in [5.74, 6) is -1.07. The Labute approximate surface area is 188 Å². The quantitative estimate of drug-likeness (QED) is 0.525. The van der Waals surface area contributed by atoms with Gasteiger partial charge in [-0.25, -0.2) is 5.01 Å². The van der Waals surface area contributed by atoms with Gasteiger partial charge in [-0.05, 0) is 50.3 Å². The third-order valence-corrected chi connectivity index (χ3v) is 6.46. The van der Waals surface area contributed by atoms with Gasteiger partial charge >= 0.3 is 0 Å². The molecule has 1 aromatic carbocycles. The predicted octanol–water partition coefficient (Wildman–Crippen LogP) is 2.17. The molecule has 4 rings (SSSR count). The Kier molecular flexibility index (Phi) is 6.87. The molecule has 32 heavy (non-hydrogen) atoms. The van der Waals surface area contributed by atoms with E-state index in [4.69, 9.17) is 0 Å². The molecule has 2 atom stereocenters. The molecule has 2 heterocycles. The summed E-state index contributed by atoms with van der Waals surface area (Å²) in [6, 6.07) is 6.70. The van der Waals surface area contributed by atoms with Crippen molar-refractivity contribution in [3.8, 4) is 0 Å². The molecule has 170 valence electrons. The van der Waals surface area contributed by atoms with E-state index in [1.165, 1.54) is 5.01 Å². The van der Waals surface area contributed by atoms with Gasteiger partial charge in [-0.15, -0.1) is 0 Å². The fraction of sp³-hybridized carbons (Fsp3) is 0.500. The number of benzene rings is 1. The van der Waals surface area contributed by atoms with E-state index in [2.05, 4.69) is 10.7 Å². The van der Waals surface area contributed by atoms with Gasteiger partial charge in [-0.1, -0.05) is 24.6 Å². The summed E-state index contributed by atoms with van der Waals surface area (Å²) < 4.78 is 0.